The molecule has 1 unspecified atom stereocenters. The fourth-order valence-electron chi connectivity index (χ4n) is 4.27. The number of hydrogen-bond donors (Lipinski definition) is 2. The van der Waals surface area contributed by atoms with Gasteiger partial charge < -0.3 is 15.4 Å². The maximum absolute atomic E-state index is 12.0. The van der Waals surface area contributed by atoms with Gasteiger partial charge in [0.15, 0.2) is 0 Å². The number of aromatic nitrogens is 2. The zero-order chi connectivity index (χ0) is 27.1. The van der Waals surface area contributed by atoms with Crippen molar-refractivity contribution in [3.63, 3.8) is 0 Å². The number of anilines is 3. The summed E-state index contributed by atoms with van der Waals surface area (Å²) in [7, 11) is 0. The van der Waals surface area contributed by atoms with Gasteiger partial charge in [0, 0.05) is 35.4 Å². The van der Waals surface area contributed by atoms with Crippen LogP contribution in [-0.2, 0) is 4.74 Å². The summed E-state index contributed by atoms with van der Waals surface area (Å²) in [6, 6.07) is 12.8. The Morgan fingerprint density at radius 3 is 2.58 bits per heavy atom. The monoisotopic (exact) mass is 555 g/mol. The highest BCUT2D eigenvalue weighted by molar-refractivity contribution is 6.32. The minimum absolute atomic E-state index is 0.0436. The van der Waals surface area contributed by atoms with Crippen molar-refractivity contribution in [1.29, 1.82) is 5.26 Å². The first-order chi connectivity index (χ1) is 18.4. The Hall–Kier alpha value is -3.49. The standard InChI is InChI=1S/C26H27Cl2N7O3/c1-17-13-20(21(15-29)18-3-5-19(27)6-4-18)22(28)14-23(17)33-26-24(35(36)37)25(31-16-32-26)30-7-2-8-34-9-11-38-12-10-34/h3-6,13-14,16,21H,2,7-12H2,1H3,(H2,30,31,32,33). The molecule has 2 aromatic carbocycles. The largest absolute Gasteiger partial charge is 0.379 e. The van der Waals surface area contributed by atoms with Gasteiger partial charge in [-0.05, 0) is 54.8 Å². The Balaban J connectivity index is 1.52. The van der Waals surface area contributed by atoms with E-state index in [0.717, 1.165) is 50.4 Å². The van der Waals surface area contributed by atoms with Gasteiger partial charge in [-0.1, -0.05) is 41.4 Å². The molecule has 12 heteroatoms. The van der Waals surface area contributed by atoms with Gasteiger partial charge in [0.05, 0.1) is 30.1 Å². The molecule has 1 atom stereocenters. The molecule has 10 nitrogen and oxygen atoms in total. The number of ether oxygens (including phenoxy) is 1. The minimum atomic E-state index is -0.603. The summed E-state index contributed by atoms with van der Waals surface area (Å²) in [6.07, 6.45) is 2.07. The van der Waals surface area contributed by atoms with Crippen molar-refractivity contribution < 1.29 is 9.66 Å². The first-order valence-corrected chi connectivity index (χ1v) is 12.9. The second-order valence-corrected chi connectivity index (χ2v) is 9.68. The van der Waals surface area contributed by atoms with E-state index in [1.165, 1.54) is 6.33 Å². The van der Waals surface area contributed by atoms with E-state index in [2.05, 4.69) is 31.6 Å². The zero-order valence-corrected chi connectivity index (χ0v) is 22.3. The molecule has 2 heterocycles. The number of morpholine rings is 1. The van der Waals surface area contributed by atoms with Crippen LogP contribution in [0.3, 0.4) is 0 Å². The molecule has 1 saturated heterocycles. The average Bonchev–Trinajstić information content (AvgIpc) is 2.91. The fourth-order valence-corrected chi connectivity index (χ4v) is 4.67. The molecule has 1 aromatic heterocycles. The molecule has 0 radical (unpaired) electrons. The number of benzene rings is 2. The van der Waals surface area contributed by atoms with Gasteiger partial charge in [-0.3, -0.25) is 15.0 Å². The topological polar surface area (TPSA) is 129 Å². The molecule has 38 heavy (non-hydrogen) atoms. The molecule has 1 aliphatic rings. The lowest BCUT2D eigenvalue weighted by molar-refractivity contribution is -0.383. The van der Waals surface area contributed by atoms with Crippen LogP contribution < -0.4 is 10.6 Å². The number of nitrogens with one attached hydrogen (secondary N) is 2. The van der Waals surface area contributed by atoms with Gasteiger partial charge in [-0.25, -0.2) is 9.97 Å². The molecule has 0 saturated carbocycles. The third-order valence-electron chi connectivity index (χ3n) is 6.29. The van der Waals surface area contributed by atoms with E-state index in [9.17, 15) is 15.4 Å². The number of nitro groups is 1. The molecule has 198 valence electrons. The van der Waals surface area contributed by atoms with Crippen LogP contribution in [0.5, 0.6) is 0 Å². The zero-order valence-electron chi connectivity index (χ0n) is 20.8. The van der Waals surface area contributed by atoms with E-state index < -0.39 is 10.8 Å². The van der Waals surface area contributed by atoms with Crippen molar-refractivity contribution in [2.75, 3.05) is 50.0 Å². The van der Waals surface area contributed by atoms with E-state index >= 15 is 0 Å². The van der Waals surface area contributed by atoms with Crippen molar-refractivity contribution in [3.05, 3.63) is 79.6 Å². The van der Waals surface area contributed by atoms with Crippen molar-refractivity contribution in [1.82, 2.24) is 14.9 Å². The number of nitrogens with zero attached hydrogens (tertiary/aromatic N) is 5. The van der Waals surface area contributed by atoms with Gasteiger partial charge in [-0.15, -0.1) is 0 Å². The fraction of sp³-hybridized carbons (Fsp3) is 0.346. The van der Waals surface area contributed by atoms with E-state index in [-0.39, 0.29) is 17.3 Å². The van der Waals surface area contributed by atoms with Crippen LogP contribution in [0.25, 0.3) is 0 Å². The second kappa shape index (κ2) is 12.8. The summed E-state index contributed by atoms with van der Waals surface area (Å²) in [6.45, 7) is 6.44. The maximum atomic E-state index is 12.0. The van der Waals surface area contributed by atoms with E-state index in [4.69, 9.17) is 27.9 Å². The van der Waals surface area contributed by atoms with Crippen LogP contribution >= 0.6 is 23.2 Å². The van der Waals surface area contributed by atoms with Crippen molar-refractivity contribution in [2.45, 2.75) is 19.3 Å². The molecular weight excluding hydrogens is 529 g/mol. The third-order valence-corrected chi connectivity index (χ3v) is 6.87. The predicted molar refractivity (Wildman–Crippen MR) is 147 cm³/mol. The van der Waals surface area contributed by atoms with Crippen molar-refractivity contribution >= 4 is 46.2 Å². The molecule has 4 rings (SSSR count). The summed E-state index contributed by atoms with van der Waals surface area (Å²) in [5.74, 6) is -0.418. The Bertz CT molecular complexity index is 1330. The van der Waals surface area contributed by atoms with Crippen LogP contribution in [0.15, 0.2) is 42.7 Å². The van der Waals surface area contributed by atoms with Gasteiger partial charge in [-0.2, -0.15) is 5.26 Å². The van der Waals surface area contributed by atoms with Crippen LogP contribution in [-0.4, -0.2) is 59.2 Å². The third kappa shape index (κ3) is 6.68. The van der Waals surface area contributed by atoms with Gasteiger partial charge in [0.2, 0.25) is 11.6 Å². The highest BCUT2D eigenvalue weighted by atomic mass is 35.5. The summed E-state index contributed by atoms with van der Waals surface area (Å²) < 4.78 is 5.36. The Morgan fingerprint density at radius 1 is 1.18 bits per heavy atom. The molecule has 0 bridgehead atoms. The number of halogens is 2. The molecule has 2 N–H and O–H groups in total. The van der Waals surface area contributed by atoms with E-state index in [1.807, 2.05) is 6.92 Å². The first kappa shape index (κ1) is 27.5. The molecule has 1 aliphatic heterocycles. The second-order valence-electron chi connectivity index (χ2n) is 8.84. The molecule has 0 spiro atoms. The van der Waals surface area contributed by atoms with Crippen LogP contribution in [0.1, 0.15) is 29.0 Å². The lowest BCUT2D eigenvalue weighted by atomic mass is 9.91. The molecule has 0 aliphatic carbocycles. The van der Waals surface area contributed by atoms with Crippen molar-refractivity contribution in [3.8, 4) is 6.07 Å². The Kier molecular flexibility index (Phi) is 9.31. The molecule has 0 amide bonds. The average molecular weight is 556 g/mol. The number of aryl methyl sites for hydroxylation is 1. The summed E-state index contributed by atoms with van der Waals surface area (Å²) in [4.78, 5) is 22.0. The predicted octanol–water partition coefficient (Wildman–Crippen LogP) is 5.53. The van der Waals surface area contributed by atoms with Gasteiger partial charge in [0.1, 0.15) is 6.33 Å². The highest BCUT2D eigenvalue weighted by Gasteiger charge is 2.25. The minimum Gasteiger partial charge on any atom is -0.379 e. The maximum Gasteiger partial charge on any atom is 0.353 e. The van der Waals surface area contributed by atoms with E-state index in [0.29, 0.717) is 27.8 Å². The summed E-state index contributed by atoms with van der Waals surface area (Å²) in [5.41, 5.74) is 2.40. The molecule has 3 aromatic rings. The van der Waals surface area contributed by atoms with Crippen molar-refractivity contribution in [2.24, 2.45) is 0 Å². The molecular formula is C26H27Cl2N7O3. The lowest BCUT2D eigenvalue weighted by Crippen LogP contribution is -2.37. The van der Waals surface area contributed by atoms with Crippen LogP contribution in [0.2, 0.25) is 10.0 Å². The number of rotatable bonds is 10. The quantitative estimate of drug-likeness (QED) is 0.188. The Morgan fingerprint density at radius 2 is 1.89 bits per heavy atom. The van der Waals surface area contributed by atoms with E-state index in [1.54, 1.807) is 36.4 Å². The van der Waals surface area contributed by atoms with Crippen LogP contribution in [0, 0.1) is 28.4 Å². The SMILES string of the molecule is Cc1cc(C(C#N)c2ccc(Cl)cc2)c(Cl)cc1Nc1ncnc(NCCCN2CCOCC2)c1[N+](=O)[O-]. The summed E-state index contributed by atoms with van der Waals surface area (Å²) in [5, 5.41) is 28.9. The smallest absolute Gasteiger partial charge is 0.353 e. The normalized spacial score (nSPS) is 14.5. The Labute approximate surface area is 230 Å². The molecule has 1 fully saturated rings. The first-order valence-electron chi connectivity index (χ1n) is 12.1. The highest BCUT2D eigenvalue weighted by Crippen LogP contribution is 2.37. The van der Waals surface area contributed by atoms with Gasteiger partial charge in [0.25, 0.3) is 0 Å². The van der Waals surface area contributed by atoms with Crippen LogP contribution in [0.4, 0.5) is 23.0 Å². The number of hydrogen-bond acceptors (Lipinski definition) is 9. The lowest BCUT2D eigenvalue weighted by Gasteiger charge is -2.26. The summed E-state index contributed by atoms with van der Waals surface area (Å²) >= 11 is 12.6. The number of nitriles is 1. The van der Waals surface area contributed by atoms with Gasteiger partial charge >= 0.3 is 5.69 Å².